The van der Waals surface area contributed by atoms with Gasteiger partial charge in [-0.2, -0.15) is 0 Å². The monoisotopic (exact) mass is 583 g/mol. The van der Waals surface area contributed by atoms with Gasteiger partial charge in [0.25, 0.3) is 0 Å². The number of nitrogens with one attached hydrogen (secondary N) is 1. The molecule has 2 aliphatic heterocycles. The van der Waals surface area contributed by atoms with E-state index in [0.29, 0.717) is 0 Å². The summed E-state index contributed by atoms with van der Waals surface area (Å²) < 4.78 is 2.33. The van der Waals surface area contributed by atoms with Gasteiger partial charge in [-0.3, -0.25) is 14.6 Å². The second kappa shape index (κ2) is 9.54. The molecule has 4 heterocycles. The van der Waals surface area contributed by atoms with Gasteiger partial charge in [-0.15, -0.1) is 5.53 Å². The lowest BCUT2D eigenvalue weighted by atomic mass is 10.1. The van der Waals surface area contributed by atoms with Crippen molar-refractivity contribution in [2.75, 3.05) is 12.1 Å². The summed E-state index contributed by atoms with van der Waals surface area (Å²) in [4.78, 5) is 4.81. The second-order valence-corrected chi connectivity index (χ2v) is 15.3. The van der Waals surface area contributed by atoms with E-state index in [-0.39, 0.29) is 0 Å². The number of hydrogen-bond acceptors (Lipinski definition) is 4. The van der Waals surface area contributed by atoms with Crippen molar-refractivity contribution >= 4 is 56.3 Å². The Morgan fingerprint density at radius 1 is 0.591 bits per heavy atom. The molecular formula is C38H29N5Si. The van der Waals surface area contributed by atoms with Crippen molar-refractivity contribution in [1.82, 2.24) is 20.1 Å². The lowest BCUT2D eigenvalue weighted by Crippen LogP contribution is -2.72. The number of hydrogen-bond donors (Lipinski definition) is 1. The van der Waals surface area contributed by atoms with E-state index in [4.69, 9.17) is 4.98 Å². The zero-order chi connectivity index (χ0) is 29.3. The van der Waals surface area contributed by atoms with E-state index >= 15 is 0 Å². The normalized spacial score (nSPS) is 14.8. The van der Waals surface area contributed by atoms with Crippen LogP contribution in [-0.2, 0) is 0 Å². The number of rotatable bonds is 4. The highest BCUT2D eigenvalue weighted by atomic mass is 28.3. The van der Waals surface area contributed by atoms with Crippen molar-refractivity contribution in [1.29, 1.82) is 0 Å². The van der Waals surface area contributed by atoms with Gasteiger partial charge in [0.1, 0.15) is 5.82 Å². The molecule has 0 saturated heterocycles. The predicted molar refractivity (Wildman–Crippen MR) is 184 cm³/mol. The minimum Gasteiger partial charge on any atom is -0.299 e. The van der Waals surface area contributed by atoms with Gasteiger partial charge in [0.15, 0.2) is 8.07 Å². The Labute approximate surface area is 256 Å². The van der Waals surface area contributed by atoms with Crippen molar-refractivity contribution in [3.63, 3.8) is 0 Å². The van der Waals surface area contributed by atoms with E-state index in [1.165, 1.54) is 53.7 Å². The summed E-state index contributed by atoms with van der Waals surface area (Å²) in [6.45, 7) is 0. The molecule has 210 valence electrons. The molecule has 5 aromatic carbocycles. The molecule has 0 bridgehead atoms. The maximum absolute atomic E-state index is 4.81. The van der Waals surface area contributed by atoms with Crippen LogP contribution in [0.5, 0.6) is 0 Å². The summed E-state index contributed by atoms with van der Waals surface area (Å²) in [7, 11) is -0.731. The lowest BCUT2D eigenvalue weighted by molar-refractivity contribution is 0.359. The Morgan fingerprint density at radius 2 is 1.30 bits per heavy atom. The van der Waals surface area contributed by atoms with E-state index in [1.807, 2.05) is 30.5 Å². The fourth-order valence-corrected chi connectivity index (χ4v) is 12.6. The smallest absolute Gasteiger partial charge is 0.181 e. The molecule has 9 rings (SSSR count). The Morgan fingerprint density at radius 3 is 2.05 bits per heavy atom. The van der Waals surface area contributed by atoms with Crippen LogP contribution < -0.4 is 31.3 Å². The highest BCUT2D eigenvalue weighted by Gasteiger charge is 2.48. The molecule has 0 amide bonds. The first kappa shape index (κ1) is 25.1. The molecule has 0 spiro atoms. The van der Waals surface area contributed by atoms with Gasteiger partial charge in [-0.25, -0.2) is 4.98 Å². The van der Waals surface area contributed by atoms with E-state index in [2.05, 4.69) is 149 Å². The molecule has 2 aliphatic rings. The summed E-state index contributed by atoms with van der Waals surface area (Å²) in [5.41, 5.74) is 9.54. The van der Waals surface area contributed by atoms with Gasteiger partial charge in [0, 0.05) is 36.4 Å². The van der Waals surface area contributed by atoms with Crippen LogP contribution in [0.25, 0.3) is 38.8 Å². The largest absolute Gasteiger partial charge is 0.299 e. The average Bonchev–Trinajstić information content (AvgIpc) is 3.76. The molecule has 5 nitrogen and oxygen atoms in total. The topological polar surface area (TPSA) is 36.3 Å². The molecule has 2 aromatic heterocycles. The van der Waals surface area contributed by atoms with E-state index in [1.54, 1.807) is 0 Å². The minimum absolute atomic E-state index is 0.928. The fourth-order valence-electron chi connectivity index (χ4n) is 7.40. The highest BCUT2D eigenvalue weighted by molar-refractivity contribution is 7.22. The third-order valence-electron chi connectivity index (χ3n) is 9.20. The number of anilines is 1. The van der Waals surface area contributed by atoms with E-state index in [9.17, 15) is 0 Å². The zero-order valence-electron chi connectivity index (χ0n) is 24.2. The van der Waals surface area contributed by atoms with Crippen LogP contribution in [0.3, 0.4) is 0 Å². The number of hydrazine groups is 2. The first-order chi connectivity index (χ1) is 21.7. The first-order valence-electron chi connectivity index (χ1n) is 15.0. The third kappa shape index (κ3) is 3.46. The van der Waals surface area contributed by atoms with Crippen LogP contribution in [0.15, 0.2) is 152 Å². The zero-order valence-corrected chi connectivity index (χ0v) is 25.2. The molecule has 6 heteroatoms. The van der Waals surface area contributed by atoms with Gasteiger partial charge in [0.05, 0.1) is 16.7 Å². The summed E-state index contributed by atoms with van der Waals surface area (Å²) in [5, 5.41) is 12.1. The maximum Gasteiger partial charge on any atom is 0.181 e. The van der Waals surface area contributed by atoms with Crippen LogP contribution in [0, 0.1) is 0 Å². The van der Waals surface area contributed by atoms with Crippen LogP contribution >= 0.6 is 0 Å². The van der Waals surface area contributed by atoms with E-state index in [0.717, 1.165) is 11.5 Å². The maximum atomic E-state index is 4.81. The summed E-state index contributed by atoms with van der Waals surface area (Å²) in [6, 6.07) is 49.2. The molecule has 0 radical (unpaired) electrons. The van der Waals surface area contributed by atoms with Gasteiger partial charge in [-0.05, 0) is 68.3 Å². The number of para-hydroxylation sites is 1. The average molecular weight is 584 g/mol. The Bertz CT molecular complexity index is 2210. The number of pyridine rings is 1. The summed E-state index contributed by atoms with van der Waals surface area (Å²) in [6.07, 6.45) is 5.98. The Kier molecular flexibility index (Phi) is 5.44. The van der Waals surface area contributed by atoms with Crippen LogP contribution in [0.1, 0.15) is 0 Å². The molecule has 0 aliphatic carbocycles. The SMILES string of the molecule is CN1C=CN(c2cccc([Si]3(c4ccc5c6ccccc6n(-c6ccccn6)c5c4)c4ccccc4-c4ccccc43)c2)N1. The second-order valence-electron chi connectivity index (χ2n) is 11.5. The van der Waals surface area contributed by atoms with Gasteiger partial charge >= 0.3 is 0 Å². The molecule has 1 N–H and O–H groups in total. The van der Waals surface area contributed by atoms with Gasteiger partial charge < -0.3 is 0 Å². The van der Waals surface area contributed by atoms with Crippen molar-refractivity contribution in [2.24, 2.45) is 0 Å². The van der Waals surface area contributed by atoms with Crippen molar-refractivity contribution in [3.05, 3.63) is 152 Å². The molecule has 44 heavy (non-hydrogen) atoms. The summed E-state index contributed by atoms with van der Waals surface area (Å²) in [5.74, 6) is 0.928. The van der Waals surface area contributed by atoms with Crippen molar-refractivity contribution in [2.45, 2.75) is 0 Å². The number of fused-ring (bicyclic) bond motifs is 6. The molecular weight excluding hydrogens is 555 g/mol. The van der Waals surface area contributed by atoms with Crippen LogP contribution in [-0.4, -0.2) is 29.7 Å². The standard InChI is InChI=1S/C38H29N5Si/c1-41-23-24-42(40-41)27-11-10-12-28(25-27)44(36-17-6-3-14-32(36)33-15-4-7-18-37(33)44)29-20-21-31-30-13-2-5-16-34(30)43(35(31)26-29)38-19-8-9-22-39-38/h2-26,40H,1H3. The summed E-state index contributed by atoms with van der Waals surface area (Å²) >= 11 is 0. The quantitative estimate of drug-likeness (QED) is 0.290. The lowest BCUT2D eigenvalue weighted by Gasteiger charge is -2.32. The first-order valence-corrected chi connectivity index (χ1v) is 17.0. The molecule has 0 saturated carbocycles. The van der Waals surface area contributed by atoms with Crippen LogP contribution in [0.4, 0.5) is 5.69 Å². The van der Waals surface area contributed by atoms with Crippen LogP contribution in [0.2, 0.25) is 0 Å². The minimum atomic E-state index is -2.74. The highest BCUT2D eigenvalue weighted by Crippen LogP contribution is 2.33. The Hall–Kier alpha value is -5.43. The number of benzene rings is 5. The van der Waals surface area contributed by atoms with Gasteiger partial charge in [0.2, 0.25) is 0 Å². The Balaban J connectivity index is 1.39. The third-order valence-corrected chi connectivity index (χ3v) is 14.0. The van der Waals surface area contributed by atoms with Gasteiger partial charge in [-0.1, -0.05) is 97.1 Å². The predicted octanol–water partition coefficient (Wildman–Crippen LogP) is 5.18. The number of nitrogens with zero attached hydrogens (tertiary/aromatic N) is 4. The van der Waals surface area contributed by atoms with Crippen molar-refractivity contribution < 1.29 is 0 Å². The van der Waals surface area contributed by atoms with E-state index < -0.39 is 8.07 Å². The molecule has 0 unspecified atom stereocenters. The van der Waals surface area contributed by atoms with Crippen molar-refractivity contribution in [3.8, 4) is 16.9 Å². The molecule has 0 fully saturated rings. The number of aromatic nitrogens is 2. The molecule has 7 aromatic rings. The fraction of sp³-hybridized carbons (Fsp3) is 0.0263. The molecule has 0 atom stereocenters.